The summed E-state index contributed by atoms with van der Waals surface area (Å²) in [6.45, 7) is 3.66. The molecule has 11 nitrogen and oxygen atoms in total. The van der Waals surface area contributed by atoms with Crippen molar-refractivity contribution in [3.63, 3.8) is 0 Å². The number of hydrogen-bond donors (Lipinski definition) is 2. The van der Waals surface area contributed by atoms with E-state index >= 15 is 0 Å². The van der Waals surface area contributed by atoms with E-state index in [0.717, 1.165) is 17.4 Å². The van der Waals surface area contributed by atoms with E-state index in [0.29, 0.717) is 77.6 Å². The third kappa shape index (κ3) is 5.12. The number of likely N-dealkylation sites (tertiary alicyclic amines) is 1. The second kappa shape index (κ2) is 11.0. The number of nitrogens with two attached hydrogens (primary N) is 1. The van der Waals surface area contributed by atoms with Gasteiger partial charge in [0.15, 0.2) is 0 Å². The van der Waals surface area contributed by atoms with Gasteiger partial charge in [0.2, 0.25) is 12.3 Å². The first-order valence-electron chi connectivity index (χ1n) is 13.6. The molecule has 4 aromatic rings. The average Bonchev–Trinajstić information content (AvgIpc) is 3.33. The van der Waals surface area contributed by atoms with E-state index in [4.69, 9.17) is 28.9 Å². The zero-order chi connectivity index (χ0) is 29.6. The van der Waals surface area contributed by atoms with Crippen molar-refractivity contribution in [2.24, 2.45) is 0 Å². The molecule has 3 aromatic heterocycles. The van der Waals surface area contributed by atoms with E-state index in [1.807, 2.05) is 27.8 Å². The van der Waals surface area contributed by atoms with E-state index in [1.54, 1.807) is 41.1 Å². The number of carbonyl (C=O) groups excluding carboxylic acids is 2. The molecule has 2 aliphatic heterocycles. The Bertz CT molecular complexity index is 1660. The number of β-amino-alcohol motifs (C(OH)–C–C–N with tert-alkyl or cyclic N) is 1. The van der Waals surface area contributed by atoms with Crippen molar-refractivity contribution >= 4 is 63.9 Å². The first kappa shape index (κ1) is 28.2. The molecule has 3 N–H and O–H groups in total. The van der Waals surface area contributed by atoms with Gasteiger partial charge in [-0.25, -0.2) is 15.0 Å². The standard InChI is InChI=1S/C29H30Cl2N8O3/c1-29(42)14-38(15-29)28-24-20(19-4-2-5-21(30)25(19)31)12-37(27(24)34-16-35-28)13-23(41)36-10-7-18(8-11-36)39(17-40)22-6-3-9-33-26(22)32/h2-6,9,12,16-18,42H,7-8,10-11,13-15H2,1H3,(H2,32,33). The van der Waals surface area contributed by atoms with Gasteiger partial charge in [0.1, 0.15) is 30.2 Å². The number of aliphatic hydroxyl groups is 1. The van der Waals surface area contributed by atoms with Crippen LogP contribution in [0.5, 0.6) is 0 Å². The summed E-state index contributed by atoms with van der Waals surface area (Å²) >= 11 is 13.0. The maximum absolute atomic E-state index is 13.6. The minimum atomic E-state index is -0.808. The molecule has 0 aliphatic carbocycles. The quantitative estimate of drug-likeness (QED) is 0.304. The highest BCUT2D eigenvalue weighted by atomic mass is 35.5. The summed E-state index contributed by atoms with van der Waals surface area (Å²) in [5.41, 5.74) is 7.81. The number of amides is 2. The molecule has 0 radical (unpaired) electrons. The second-order valence-corrected chi connectivity index (χ2v) is 11.8. The number of carbonyl (C=O) groups is 2. The molecule has 6 rings (SSSR count). The zero-order valence-corrected chi connectivity index (χ0v) is 24.5. The predicted octanol–water partition coefficient (Wildman–Crippen LogP) is 3.61. The number of fused-ring (bicyclic) bond motifs is 1. The number of rotatable bonds is 7. The van der Waals surface area contributed by atoms with Crippen molar-refractivity contribution < 1.29 is 14.7 Å². The number of nitrogen functional groups attached to an aromatic ring is 1. The van der Waals surface area contributed by atoms with Crippen LogP contribution in [0.25, 0.3) is 22.2 Å². The molecule has 0 bridgehead atoms. The molecule has 2 saturated heterocycles. The van der Waals surface area contributed by atoms with Crippen LogP contribution in [0, 0.1) is 0 Å². The SMILES string of the molecule is CC1(O)CN(c2ncnc3c2c(-c2cccc(Cl)c2Cl)cn3CC(=O)N2CCC(N(C=O)c3cccnc3N)CC2)C1. The van der Waals surface area contributed by atoms with Crippen LogP contribution in [0.4, 0.5) is 17.3 Å². The molecule has 5 heterocycles. The van der Waals surface area contributed by atoms with Crippen molar-refractivity contribution in [2.75, 3.05) is 41.7 Å². The Hall–Kier alpha value is -3.93. The van der Waals surface area contributed by atoms with Crippen LogP contribution in [0.3, 0.4) is 0 Å². The average molecular weight is 610 g/mol. The monoisotopic (exact) mass is 608 g/mol. The molecule has 2 amide bonds. The van der Waals surface area contributed by atoms with Crippen LogP contribution in [0.1, 0.15) is 19.8 Å². The molecule has 0 saturated carbocycles. The molecule has 1 aromatic carbocycles. The number of halogens is 2. The summed E-state index contributed by atoms with van der Waals surface area (Å²) < 4.78 is 1.81. The maximum Gasteiger partial charge on any atom is 0.242 e. The van der Waals surface area contributed by atoms with Gasteiger partial charge < -0.3 is 30.1 Å². The van der Waals surface area contributed by atoms with Crippen LogP contribution >= 0.6 is 23.2 Å². The van der Waals surface area contributed by atoms with E-state index in [-0.39, 0.29) is 18.5 Å². The Morgan fingerprint density at radius 3 is 2.60 bits per heavy atom. The Labute approximate surface area is 252 Å². The Kier molecular flexibility index (Phi) is 7.42. The smallest absolute Gasteiger partial charge is 0.242 e. The molecule has 0 spiro atoms. The van der Waals surface area contributed by atoms with E-state index in [9.17, 15) is 14.7 Å². The first-order valence-corrected chi connectivity index (χ1v) is 14.4. The van der Waals surface area contributed by atoms with Crippen LogP contribution in [0.2, 0.25) is 10.0 Å². The molecule has 42 heavy (non-hydrogen) atoms. The molecule has 0 unspecified atom stereocenters. The number of nitrogens with zero attached hydrogens (tertiary/aromatic N) is 7. The molecular weight excluding hydrogens is 579 g/mol. The van der Waals surface area contributed by atoms with E-state index in [1.165, 1.54) is 6.33 Å². The van der Waals surface area contributed by atoms with Crippen LogP contribution in [-0.2, 0) is 16.1 Å². The Balaban J connectivity index is 1.27. The summed E-state index contributed by atoms with van der Waals surface area (Å²) in [7, 11) is 0. The highest BCUT2D eigenvalue weighted by Gasteiger charge is 2.39. The first-order chi connectivity index (χ1) is 20.2. The van der Waals surface area contributed by atoms with E-state index < -0.39 is 5.60 Å². The summed E-state index contributed by atoms with van der Waals surface area (Å²) in [5.74, 6) is 0.884. The maximum atomic E-state index is 13.6. The highest BCUT2D eigenvalue weighted by Crippen LogP contribution is 2.42. The summed E-state index contributed by atoms with van der Waals surface area (Å²) in [4.78, 5) is 44.1. The molecule has 218 valence electrons. The van der Waals surface area contributed by atoms with Gasteiger partial charge in [-0.1, -0.05) is 35.3 Å². The fraction of sp³-hybridized carbons (Fsp3) is 0.345. The van der Waals surface area contributed by atoms with Gasteiger partial charge in [-0.15, -0.1) is 0 Å². The number of anilines is 3. The van der Waals surface area contributed by atoms with Gasteiger partial charge in [0.25, 0.3) is 0 Å². The van der Waals surface area contributed by atoms with Gasteiger partial charge in [-0.3, -0.25) is 9.59 Å². The third-order valence-electron chi connectivity index (χ3n) is 7.96. The number of aromatic nitrogens is 4. The summed E-state index contributed by atoms with van der Waals surface area (Å²) in [6.07, 6.45) is 6.91. The summed E-state index contributed by atoms with van der Waals surface area (Å²) in [5, 5.41) is 11.9. The number of pyridine rings is 1. The van der Waals surface area contributed by atoms with Crippen molar-refractivity contribution in [2.45, 2.75) is 38.0 Å². The molecule has 13 heteroatoms. The molecular formula is C29H30Cl2N8O3. The third-order valence-corrected chi connectivity index (χ3v) is 8.78. The van der Waals surface area contributed by atoms with Crippen molar-refractivity contribution in [3.8, 4) is 11.1 Å². The lowest BCUT2D eigenvalue weighted by molar-refractivity contribution is -0.132. The van der Waals surface area contributed by atoms with Gasteiger partial charge in [0, 0.05) is 55.7 Å². The van der Waals surface area contributed by atoms with Gasteiger partial charge in [-0.2, -0.15) is 0 Å². The predicted molar refractivity (Wildman–Crippen MR) is 163 cm³/mol. The second-order valence-electron chi connectivity index (χ2n) is 11.1. The molecule has 2 fully saturated rings. The van der Waals surface area contributed by atoms with Crippen LogP contribution in [-0.4, -0.2) is 79.7 Å². The Morgan fingerprint density at radius 2 is 1.90 bits per heavy atom. The van der Waals surface area contributed by atoms with Crippen molar-refractivity contribution in [1.29, 1.82) is 0 Å². The fourth-order valence-electron chi connectivity index (χ4n) is 5.92. The number of piperidine rings is 1. The summed E-state index contributed by atoms with van der Waals surface area (Å²) in [6, 6.07) is 8.83. The minimum absolute atomic E-state index is 0.0560. The van der Waals surface area contributed by atoms with E-state index in [2.05, 4.69) is 15.0 Å². The van der Waals surface area contributed by atoms with Gasteiger partial charge >= 0.3 is 0 Å². The topological polar surface area (TPSA) is 134 Å². The minimum Gasteiger partial charge on any atom is -0.386 e. The van der Waals surface area contributed by atoms with Crippen molar-refractivity contribution in [3.05, 3.63) is 59.1 Å². The Morgan fingerprint density at radius 1 is 1.14 bits per heavy atom. The largest absolute Gasteiger partial charge is 0.386 e. The van der Waals surface area contributed by atoms with Gasteiger partial charge in [-0.05, 0) is 38.0 Å². The highest BCUT2D eigenvalue weighted by molar-refractivity contribution is 6.44. The molecule has 0 atom stereocenters. The lowest BCUT2D eigenvalue weighted by Crippen LogP contribution is -2.60. The fourth-order valence-corrected chi connectivity index (χ4v) is 6.32. The van der Waals surface area contributed by atoms with Crippen LogP contribution < -0.4 is 15.5 Å². The number of hydrogen-bond acceptors (Lipinski definition) is 8. The zero-order valence-electron chi connectivity index (χ0n) is 23.0. The van der Waals surface area contributed by atoms with Gasteiger partial charge in [0.05, 0.1) is 26.7 Å². The normalized spacial score (nSPS) is 16.9. The molecule has 2 aliphatic rings. The van der Waals surface area contributed by atoms with Crippen LogP contribution in [0.15, 0.2) is 49.1 Å². The van der Waals surface area contributed by atoms with Crippen molar-refractivity contribution in [1.82, 2.24) is 24.4 Å². The lowest BCUT2D eigenvalue weighted by Gasteiger charge is -2.45. The number of benzene rings is 1. The lowest BCUT2D eigenvalue weighted by atomic mass is 9.96.